The number of nitrogens with one attached hydrogen (secondary N) is 1. The lowest BCUT2D eigenvalue weighted by atomic mass is 10.1. The summed E-state index contributed by atoms with van der Waals surface area (Å²) in [6, 6.07) is 0. The number of hydrogen-bond acceptors (Lipinski definition) is 1. The van der Waals surface area contributed by atoms with Crippen LogP contribution in [0.4, 0.5) is 0 Å². The van der Waals surface area contributed by atoms with Gasteiger partial charge in [0.25, 0.3) is 0 Å². The highest BCUT2D eigenvalue weighted by Gasteiger charge is 2.11. The molecule has 0 unspecified atom stereocenters. The lowest BCUT2D eigenvalue weighted by Gasteiger charge is -2.01. The van der Waals surface area contributed by atoms with Crippen molar-refractivity contribution in [1.29, 1.82) is 0 Å². The number of aromatic nitrogens is 2. The van der Waals surface area contributed by atoms with Gasteiger partial charge in [-0.1, -0.05) is 29.8 Å². The second-order valence-corrected chi connectivity index (χ2v) is 3.56. The van der Waals surface area contributed by atoms with Crippen LogP contribution in [0.5, 0.6) is 0 Å². The third-order valence-corrected chi connectivity index (χ3v) is 2.35. The summed E-state index contributed by atoms with van der Waals surface area (Å²) in [4.78, 5) is 0. The molecule has 0 bridgehead atoms. The average molecular weight is 217 g/mol. The van der Waals surface area contributed by atoms with Crippen LogP contribution in [0.15, 0.2) is 0 Å². The first-order valence-electron chi connectivity index (χ1n) is 3.76. The fourth-order valence-electron chi connectivity index (χ4n) is 1.12. The molecule has 1 aromatic rings. The van der Waals surface area contributed by atoms with E-state index >= 15 is 0 Å². The van der Waals surface area contributed by atoms with E-state index in [1.807, 2.05) is 0 Å². The molecule has 0 saturated heterocycles. The number of halogens is 1. The number of aromatic amines is 1. The van der Waals surface area contributed by atoms with Crippen LogP contribution in [-0.2, 0) is 5.33 Å². The predicted molar refractivity (Wildman–Crippen MR) is 50.0 cm³/mol. The summed E-state index contributed by atoms with van der Waals surface area (Å²) in [5.74, 6) is 0.507. The largest absolute Gasteiger partial charge is 0.282 e. The Kier molecular flexibility index (Phi) is 2.71. The molecule has 11 heavy (non-hydrogen) atoms. The van der Waals surface area contributed by atoms with Crippen molar-refractivity contribution in [2.24, 2.45) is 0 Å². The summed E-state index contributed by atoms with van der Waals surface area (Å²) in [6.45, 7) is 6.36. The number of hydrogen-bond donors (Lipinski definition) is 1. The molecule has 0 amide bonds. The molecule has 3 heteroatoms. The fraction of sp³-hybridized carbons (Fsp3) is 0.625. The zero-order valence-corrected chi connectivity index (χ0v) is 8.70. The Bertz CT molecular complexity index is 240. The van der Waals surface area contributed by atoms with Gasteiger partial charge in [-0.3, -0.25) is 5.10 Å². The molecule has 2 nitrogen and oxygen atoms in total. The maximum atomic E-state index is 4.23. The van der Waals surface area contributed by atoms with Crippen molar-refractivity contribution in [3.8, 4) is 0 Å². The highest BCUT2D eigenvalue weighted by atomic mass is 79.9. The van der Waals surface area contributed by atoms with E-state index in [1.165, 1.54) is 17.0 Å². The zero-order valence-electron chi connectivity index (χ0n) is 7.11. The van der Waals surface area contributed by atoms with Crippen LogP contribution < -0.4 is 0 Å². The Morgan fingerprint density at radius 1 is 1.55 bits per heavy atom. The van der Waals surface area contributed by atoms with Crippen molar-refractivity contribution >= 4 is 15.9 Å². The monoisotopic (exact) mass is 216 g/mol. The molecule has 62 valence electrons. The molecule has 0 aliphatic carbocycles. The molecule has 0 atom stereocenters. The normalized spacial score (nSPS) is 11.0. The molecule has 1 aromatic heterocycles. The van der Waals surface area contributed by atoms with Crippen molar-refractivity contribution in [3.63, 3.8) is 0 Å². The van der Waals surface area contributed by atoms with Gasteiger partial charge < -0.3 is 0 Å². The molecule has 0 aliphatic rings. The van der Waals surface area contributed by atoms with E-state index in [4.69, 9.17) is 0 Å². The number of rotatable bonds is 2. The van der Waals surface area contributed by atoms with Crippen molar-refractivity contribution in [2.75, 3.05) is 0 Å². The van der Waals surface area contributed by atoms with E-state index in [0.29, 0.717) is 5.92 Å². The van der Waals surface area contributed by atoms with Crippen molar-refractivity contribution in [3.05, 3.63) is 17.0 Å². The number of aryl methyl sites for hydroxylation is 1. The third-order valence-electron chi connectivity index (χ3n) is 1.79. The molecule has 1 N–H and O–H groups in total. The van der Waals surface area contributed by atoms with E-state index in [9.17, 15) is 0 Å². The van der Waals surface area contributed by atoms with Gasteiger partial charge in [-0.25, -0.2) is 0 Å². The summed E-state index contributed by atoms with van der Waals surface area (Å²) in [5, 5.41) is 8.11. The fourth-order valence-corrected chi connectivity index (χ4v) is 1.83. The van der Waals surface area contributed by atoms with Gasteiger partial charge in [-0.2, -0.15) is 5.10 Å². The Morgan fingerprint density at radius 2 is 2.18 bits per heavy atom. The van der Waals surface area contributed by atoms with Gasteiger partial charge in [0.15, 0.2) is 0 Å². The molecular weight excluding hydrogens is 204 g/mol. The van der Waals surface area contributed by atoms with E-state index in [2.05, 4.69) is 46.9 Å². The van der Waals surface area contributed by atoms with Crippen molar-refractivity contribution in [2.45, 2.75) is 32.0 Å². The minimum Gasteiger partial charge on any atom is -0.282 e. The maximum absolute atomic E-state index is 4.23. The smallest absolute Gasteiger partial charge is 0.0690 e. The zero-order chi connectivity index (χ0) is 8.43. The van der Waals surface area contributed by atoms with Crippen LogP contribution in [0, 0.1) is 6.92 Å². The lowest BCUT2D eigenvalue weighted by molar-refractivity contribution is 0.803. The number of alkyl halides is 1. The van der Waals surface area contributed by atoms with E-state index in [1.54, 1.807) is 0 Å². The molecule has 0 saturated carbocycles. The first-order chi connectivity index (χ1) is 5.16. The lowest BCUT2D eigenvalue weighted by Crippen LogP contribution is -1.92. The second-order valence-electron chi connectivity index (χ2n) is 3.00. The van der Waals surface area contributed by atoms with Gasteiger partial charge in [0, 0.05) is 16.6 Å². The van der Waals surface area contributed by atoms with Crippen LogP contribution >= 0.6 is 15.9 Å². The van der Waals surface area contributed by atoms with Crippen LogP contribution in [0.25, 0.3) is 0 Å². The van der Waals surface area contributed by atoms with E-state index in [-0.39, 0.29) is 0 Å². The van der Waals surface area contributed by atoms with Gasteiger partial charge >= 0.3 is 0 Å². The van der Waals surface area contributed by atoms with Crippen molar-refractivity contribution < 1.29 is 0 Å². The van der Waals surface area contributed by atoms with Crippen LogP contribution in [0.1, 0.15) is 36.7 Å². The minimum absolute atomic E-state index is 0.507. The standard InChI is InChI=1S/C8H13BrN2/c1-5(2)8-7(4-9)6(3)10-11-8/h5H,4H2,1-3H3,(H,10,11). The summed E-state index contributed by atoms with van der Waals surface area (Å²) < 4.78 is 0. The molecule has 1 rings (SSSR count). The summed E-state index contributed by atoms with van der Waals surface area (Å²) >= 11 is 3.45. The SMILES string of the molecule is Cc1[nH]nc(C(C)C)c1CBr. The summed E-state index contributed by atoms with van der Waals surface area (Å²) in [7, 11) is 0. The third kappa shape index (κ3) is 1.64. The molecule has 0 fully saturated rings. The first-order valence-corrected chi connectivity index (χ1v) is 4.88. The number of H-pyrrole nitrogens is 1. The van der Waals surface area contributed by atoms with E-state index in [0.717, 1.165) is 5.33 Å². The predicted octanol–water partition coefficient (Wildman–Crippen LogP) is 2.74. The van der Waals surface area contributed by atoms with Crippen molar-refractivity contribution in [1.82, 2.24) is 10.2 Å². The van der Waals surface area contributed by atoms with Gasteiger partial charge in [-0.05, 0) is 12.8 Å². The van der Waals surface area contributed by atoms with E-state index < -0.39 is 0 Å². The Labute approximate surface area is 75.5 Å². The Balaban J connectivity index is 3.05. The summed E-state index contributed by atoms with van der Waals surface area (Å²) in [5.41, 5.74) is 3.66. The molecule has 1 heterocycles. The van der Waals surface area contributed by atoms with Crippen LogP contribution in [0.3, 0.4) is 0 Å². The Hall–Kier alpha value is -0.310. The highest BCUT2D eigenvalue weighted by Crippen LogP contribution is 2.21. The summed E-state index contributed by atoms with van der Waals surface area (Å²) in [6.07, 6.45) is 0. The topological polar surface area (TPSA) is 28.7 Å². The first kappa shape index (κ1) is 8.78. The van der Waals surface area contributed by atoms with Crippen LogP contribution in [0.2, 0.25) is 0 Å². The second kappa shape index (κ2) is 3.39. The quantitative estimate of drug-likeness (QED) is 0.758. The van der Waals surface area contributed by atoms with Gasteiger partial charge in [0.2, 0.25) is 0 Å². The van der Waals surface area contributed by atoms with Gasteiger partial charge in [0.05, 0.1) is 5.69 Å². The number of nitrogens with zero attached hydrogens (tertiary/aromatic N) is 1. The van der Waals surface area contributed by atoms with Gasteiger partial charge in [-0.15, -0.1) is 0 Å². The molecule has 0 radical (unpaired) electrons. The maximum Gasteiger partial charge on any atom is 0.0690 e. The Morgan fingerprint density at radius 3 is 2.55 bits per heavy atom. The molecular formula is C8H13BrN2. The molecule has 0 aliphatic heterocycles. The average Bonchev–Trinajstić information content (AvgIpc) is 2.30. The molecule has 0 spiro atoms. The molecule has 0 aromatic carbocycles. The van der Waals surface area contributed by atoms with Gasteiger partial charge in [0.1, 0.15) is 0 Å². The highest BCUT2D eigenvalue weighted by molar-refractivity contribution is 9.08. The van der Waals surface area contributed by atoms with Crippen LogP contribution in [-0.4, -0.2) is 10.2 Å². The minimum atomic E-state index is 0.507.